The number of hydrogen-bond donors (Lipinski definition) is 3. The number of carbonyl (C=O) groups excluding carboxylic acids is 2. The van der Waals surface area contributed by atoms with Crippen molar-refractivity contribution in [1.82, 2.24) is 20.2 Å². The van der Waals surface area contributed by atoms with E-state index in [1.807, 2.05) is 0 Å². The van der Waals surface area contributed by atoms with E-state index in [9.17, 15) is 19.6 Å². The van der Waals surface area contributed by atoms with Gasteiger partial charge in [-0.1, -0.05) is 0 Å². The van der Waals surface area contributed by atoms with Crippen molar-refractivity contribution in [2.24, 2.45) is 0 Å². The molecule has 0 aliphatic carbocycles. The summed E-state index contributed by atoms with van der Waals surface area (Å²) in [4.78, 5) is 37.8. The fraction of sp³-hybridized carbons (Fsp3) is 0.769. The minimum atomic E-state index is -0.936. The zero-order chi connectivity index (χ0) is 15.9. The van der Waals surface area contributed by atoms with Gasteiger partial charge in [0.05, 0.1) is 6.04 Å². The van der Waals surface area contributed by atoms with Crippen LogP contribution >= 0.6 is 0 Å². The smallest absolute Gasteiger partial charge is 0.407 e. The van der Waals surface area contributed by atoms with E-state index in [0.717, 1.165) is 5.06 Å². The van der Waals surface area contributed by atoms with Gasteiger partial charge in [-0.05, 0) is 25.7 Å². The van der Waals surface area contributed by atoms with Gasteiger partial charge in [0.1, 0.15) is 6.04 Å². The SMILES string of the molecule is O=C(NC1CCN(C(=O)O)CC1)[C@@H]1CC[C@@H]2CN1C(=O)N2O. The average molecular weight is 312 g/mol. The summed E-state index contributed by atoms with van der Waals surface area (Å²) in [5.41, 5.74) is 0. The molecule has 0 unspecified atom stereocenters. The number of piperidine rings is 2. The first-order valence-electron chi connectivity index (χ1n) is 7.54. The topological polar surface area (TPSA) is 113 Å². The van der Waals surface area contributed by atoms with E-state index in [2.05, 4.69) is 5.32 Å². The number of rotatable bonds is 2. The summed E-state index contributed by atoms with van der Waals surface area (Å²) in [6.07, 6.45) is 1.36. The van der Waals surface area contributed by atoms with Crippen LogP contribution in [0, 0.1) is 0 Å². The Balaban J connectivity index is 1.55. The largest absolute Gasteiger partial charge is 0.465 e. The molecule has 0 spiro atoms. The molecule has 2 atom stereocenters. The molecule has 0 radical (unpaired) electrons. The van der Waals surface area contributed by atoms with Crippen LogP contribution in [0.3, 0.4) is 0 Å². The molecule has 122 valence electrons. The second-order valence-electron chi connectivity index (χ2n) is 6.08. The summed E-state index contributed by atoms with van der Waals surface area (Å²) in [5.74, 6) is -0.212. The van der Waals surface area contributed by atoms with Gasteiger partial charge in [0.15, 0.2) is 0 Å². The molecular formula is C13H20N4O5. The molecular weight excluding hydrogens is 292 g/mol. The van der Waals surface area contributed by atoms with E-state index in [1.165, 1.54) is 9.80 Å². The number of urea groups is 1. The Kier molecular flexibility index (Phi) is 3.81. The molecule has 3 fully saturated rings. The highest BCUT2D eigenvalue weighted by molar-refractivity contribution is 5.88. The average Bonchev–Trinajstić information content (AvgIpc) is 2.72. The lowest BCUT2D eigenvalue weighted by molar-refractivity contribution is -0.127. The van der Waals surface area contributed by atoms with E-state index in [0.29, 0.717) is 45.3 Å². The monoisotopic (exact) mass is 312 g/mol. The van der Waals surface area contributed by atoms with Crippen LogP contribution in [0.4, 0.5) is 9.59 Å². The molecule has 0 saturated carbocycles. The third kappa shape index (κ3) is 2.56. The molecule has 2 bridgehead atoms. The van der Waals surface area contributed by atoms with Crippen LogP contribution in [0.25, 0.3) is 0 Å². The minimum Gasteiger partial charge on any atom is -0.465 e. The van der Waals surface area contributed by atoms with Crippen molar-refractivity contribution in [3.8, 4) is 0 Å². The summed E-state index contributed by atoms with van der Waals surface area (Å²) in [7, 11) is 0. The number of hydroxylamine groups is 2. The molecule has 9 nitrogen and oxygen atoms in total. The lowest BCUT2D eigenvalue weighted by Gasteiger charge is -2.34. The van der Waals surface area contributed by atoms with Crippen molar-refractivity contribution >= 4 is 18.0 Å². The van der Waals surface area contributed by atoms with Crippen molar-refractivity contribution in [1.29, 1.82) is 0 Å². The Bertz CT molecular complexity index is 491. The molecule has 3 saturated heterocycles. The first-order valence-corrected chi connectivity index (χ1v) is 7.54. The number of carboxylic acid groups (broad SMARTS) is 1. The predicted molar refractivity (Wildman–Crippen MR) is 73.3 cm³/mol. The summed E-state index contributed by atoms with van der Waals surface area (Å²) >= 11 is 0. The lowest BCUT2D eigenvalue weighted by atomic mass is 9.99. The van der Waals surface area contributed by atoms with Crippen molar-refractivity contribution in [2.75, 3.05) is 19.6 Å². The van der Waals surface area contributed by atoms with E-state index in [-0.39, 0.29) is 18.0 Å². The molecule has 4 amide bonds. The number of nitrogens with one attached hydrogen (secondary N) is 1. The highest BCUT2D eigenvalue weighted by atomic mass is 16.5. The Morgan fingerprint density at radius 1 is 1.14 bits per heavy atom. The highest BCUT2D eigenvalue weighted by Gasteiger charge is 2.47. The van der Waals surface area contributed by atoms with Crippen LogP contribution < -0.4 is 5.32 Å². The van der Waals surface area contributed by atoms with Crippen LogP contribution in [0.2, 0.25) is 0 Å². The maximum Gasteiger partial charge on any atom is 0.407 e. The van der Waals surface area contributed by atoms with Crippen molar-refractivity contribution in [2.45, 2.75) is 43.8 Å². The van der Waals surface area contributed by atoms with Gasteiger partial charge in [-0.15, -0.1) is 0 Å². The third-order valence-corrected chi connectivity index (χ3v) is 4.76. The molecule has 3 aliphatic rings. The highest BCUT2D eigenvalue weighted by Crippen LogP contribution is 2.28. The van der Waals surface area contributed by atoms with E-state index >= 15 is 0 Å². The third-order valence-electron chi connectivity index (χ3n) is 4.76. The molecule has 3 aliphatic heterocycles. The van der Waals surface area contributed by atoms with E-state index in [4.69, 9.17) is 5.11 Å². The number of hydrogen-bond acceptors (Lipinski definition) is 4. The molecule has 0 aromatic carbocycles. The van der Waals surface area contributed by atoms with Gasteiger partial charge in [-0.3, -0.25) is 10.0 Å². The second kappa shape index (κ2) is 5.64. The molecule has 3 rings (SSSR count). The molecule has 0 aromatic rings. The van der Waals surface area contributed by atoms with Gasteiger partial charge in [-0.25, -0.2) is 14.7 Å². The maximum atomic E-state index is 12.4. The predicted octanol–water partition coefficient (Wildman–Crippen LogP) is -0.0972. The normalized spacial score (nSPS) is 29.0. The van der Waals surface area contributed by atoms with Gasteiger partial charge < -0.3 is 20.2 Å². The first kappa shape index (κ1) is 14.9. The van der Waals surface area contributed by atoms with Crippen LogP contribution in [-0.4, -0.2) is 81.0 Å². The number of amides is 4. The van der Waals surface area contributed by atoms with Crippen LogP contribution in [0.5, 0.6) is 0 Å². The molecule has 0 aromatic heterocycles. The second-order valence-corrected chi connectivity index (χ2v) is 6.08. The Morgan fingerprint density at radius 2 is 1.82 bits per heavy atom. The molecule has 3 N–H and O–H groups in total. The van der Waals surface area contributed by atoms with E-state index < -0.39 is 18.2 Å². The lowest BCUT2D eigenvalue weighted by Crippen LogP contribution is -2.54. The fourth-order valence-corrected chi connectivity index (χ4v) is 3.44. The molecule has 22 heavy (non-hydrogen) atoms. The molecule has 3 heterocycles. The number of nitrogens with zero attached hydrogens (tertiary/aromatic N) is 3. The first-order chi connectivity index (χ1) is 10.5. The van der Waals surface area contributed by atoms with Crippen LogP contribution in [0.15, 0.2) is 0 Å². The van der Waals surface area contributed by atoms with Crippen molar-refractivity contribution < 1.29 is 24.7 Å². The Morgan fingerprint density at radius 3 is 2.45 bits per heavy atom. The fourth-order valence-electron chi connectivity index (χ4n) is 3.44. The summed E-state index contributed by atoms with van der Waals surface area (Å²) in [6.45, 7) is 1.19. The van der Waals surface area contributed by atoms with Crippen molar-refractivity contribution in [3.63, 3.8) is 0 Å². The maximum absolute atomic E-state index is 12.4. The molecule has 9 heteroatoms. The Hall–Kier alpha value is -2.03. The van der Waals surface area contributed by atoms with Gasteiger partial charge >= 0.3 is 12.1 Å². The van der Waals surface area contributed by atoms with Crippen LogP contribution in [0.1, 0.15) is 25.7 Å². The van der Waals surface area contributed by atoms with Crippen molar-refractivity contribution in [3.05, 3.63) is 0 Å². The minimum absolute atomic E-state index is 0.0660. The number of likely N-dealkylation sites (tertiary alicyclic amines) is 1. The van der Waals surface area contributed by atoms with Gasteiger partial charge in [0.25, 0.3) is 0 Å². The Labute approximate surface area is 127 Å². The van der Waals surface area contributed by atoms with Crippen LogP contribution in [-0.2, 0) is 4.79 Å². The zero-order valence-electron chi connectivity index (χ0n) is 12.1. The summed E-state index contributed by atoms with van der Waals surface area (Å²) in [6, 6.07) is -1.33. The van der Waals surface area contributed by atoms with Gasteiger partial charge in [0, 0.05) is 25.7 Å². The number of fused-ring (bicyclic) bond motifs is 2. The summed E-state index contributed by atoms with van der Waals surface area (Å²) in [5, 5.41) is 22.2. The quantitative estimate of drug-likeness (QED) is 0.616. The van der Waals surface area contributed by atoms with E-state index in [1.54, 1.807) is 0 Å². The van der Waals surface area contributed by atoms with Gasteiger partial charge in [0.2, 0.25) is 5.91 Å². The summed E-state index contributed by atoms with van der Waals surface area (Å²) < 4.78 is 0. The number of carbonyl (C=O) groups is 3. The zero-order valence-corrected chi connectivity index (χ0v) is 12.1. The van der Waals surface area contributed by atoms with Gasteiger partial charge in [-0.2, -0.15) is 0 Å². The standard InChI is InChI=1S/C13H20N4O5/c18-11(14-8-3-5-15(6-4-8)13(20)21)10-2-1-9-7-16(10)12(19)17(9)22/h8-10,22H,1-7H2,(H,14,18)(H,20,21)/t9-,10+/m1/s1.